The first-order valence-electron chi connectivity index (χ1n) is 7.26. The minimum absolute atomic E-state index is 0.317. The van der Waals surface area contributed by atoms with Crippen LogP contribution in [0.25, 0.3) is 0 Å². The van der Waals surface area contributed by atoms with Crippen LogP contribution >= 0.6 is 0 Å². The molecule has 0 saturated heterocycles. The van der Waals surface area contributed by atoms with E-state index in [4.69, 9.17) is 9.47 Å². The molecule has 1 rings (SSSR count). The maximum absolute atomic E-state index is 12.2. The van der Waals surface area contributed by atoms with Gasteiger partial charge in [-0.25, -0.2) is 0 Å². The zero-order chi connectivity index (χ0) is 16.5. The van der Waals surface area contributed by atoms with E-state index in [1.165, 1.54) is 6.20 Å². The average molecular weight is 310 g/mol. The van der Waals surface area contributed by atoms with Crippen molar-refractivity contribution < 1.29 is 24.2 Å². The summed E-state index contributed by atoms with van der Waals surface area (Å²) < 4.78 is 10.4. The van der Waals surface area contributed by atoms with Crippen LogP contribution in [0.4, 0.5) is 5.69 Å². The molecule has 0 fully saturated rings. The van der Waals surface area contributed by atoms with Crippen LogP contribution in [0.3, 0.4) is 0 Å². The van der Waals surface area contributed by atoms with Crippen molar-refractivity contribution in [3.8, 4) is 0 Å². The molecule has 122 valence electrons. The molecular weight excluding hydrogens is 288 g/mol. The van der Waals surface area contributed by atoms with Crippen LogP contribution in [0.5, 0.6) is 0 Å². The molecule has 0 aliphatic carbocycles. The third-order valence-corrected chi connectivity index (χ3v) is 2.98. The minimum Gasteiger partial charge on any atom is -0.481 e. The first kappa shape index (κ1) is 18.1. The molecule has 0 saturated carbocycles. The topological polar surface area (TPSA) is 97.8 Å². The lowest BCUT2D eigenvalue weighted by Gasteiger charge is -2.19. The number of carboxylic acids is 1. The Bertz CT molecular complexity index is 500. The van der Waals surface area contributed by atoms with Crippen LogP contribution in [0.15, 0.2) is 18.3 Å². The lowest BCUT2D eigenvalue weighted by Crippen LogP contribution is -2.33. The Labute approximate surface area is 129 Å². The Kier molecular flexibility index (Phi) is 7.48. The summed E-state index contributed by atoms with van der Waals surface area (Å²) in [5.74, 6) is -2.25. The molecule has 0 bridgehead atoms. The third-order valence-electron chi connectivity index (χ3n) is 2.98. The molecule has 1 heterocycles. The molecule has 2 N–H and O–H groups in total. The van der Waals surface area contributed by atoms with E-state index in [1.54, 1.807) is 32.9 Å². The number of pyridine rings is 1. The number of ether oxygens (including phenoxy) is 2. The van der Waals surface area contributed by atoms with Crippen molar-refractivity contribution in [2.24, 2.45) is 0 Å². The molecule has 1 aromatic heterocycles. The van der Waals surface area contributed by atoms with Crippen LogP contribution in [0, 0.1) is 0 Å². The van der Waals surface area contributed by atoms with Crippen molar-refractivity contribution in [2.45, 2.75) is 39.4 Å². The van der Waals surface area contributed by atoms with Gasteiger partial charge in [-0.05, 0) is 32.4 Å². The highest BCUT2D eigenvalue weighted by Gasteiger charge is 2.25. The number of hydrogen-bond donors (Lipinski definition) is 2. The highest BCUT2D eigenvalue weighted by molar-refractivity contribution is 5.94. The fourth-order valence-electron chi connectivity index (χ4n) is 1.98. The van der Waals surface area contributed by atoms with E-state index in [9.17, 15) is 14.7 Å². The van der Waals surface area contributed by atoms with Crippen molar-refractivity contribution in [1.29, 1.82) is 0 Å². The summed E-state index contributed by atoms with van der Waals surface area (Å²) in [6.45, 7) is 5.91. The van der Waals surface area contributed by atoms with Crippen LogP contribution in [0.2, 0.25) is 0 Å². The molecule has 7 nitrogen and oxygen atoms in total. The summed E-state index contributed by atoms with van der Waals surface area (Å²) in [6.07, 6.45) is 0.835. The van der Waals surface area contributed by atoms with E-state index in [2.05, 4.69) is 10.3 Å². The van der Waals surface area contributed by atoms with Crippen LogP contribution < -0.4 is 5.32 Å². The van der Waals surface area contributed by atoms with Gasteiger partial charge in [0.15, 0.2) is 0 Å². The van der Waals surface area contributed by atoms with Gasteiger partial charge in [-0.1, -0.05) is 6.92 Å². The molecule has 0 aromatic carbocycles. The van der Waals surface area contributed by atoms with Crippen molar-refractivity contribution in [2.75, 3.05) is 18.5 Å². The minimum atomic E-state index is -1.03. The number of rotatable bonds is 9. The molecule has 1 aromatic rings. The number of aromatic nitrogens is 1. The van der Waals surface area contributed by atoms with Gasteiger partial charge in [0.25, 0.3) is 5.91 Å². The van der Waals surface area contributed by atoms with E-state index in [0.717, 1.165) is 0 Å². The lowest BCUT2D eigenvalue weighted by atomic mass is 10.0. The SMILES string of the molecule is CCOC(OCC)C(=O)Nc1cccnc1C(CC)C(=O)O. The van der Waals surface area contributed by atoms with Gasteiger partial charge in [-0.3, -0.25) is 14.6 Å². The number of anilines is 1. The molecule has 1 unspecified atom stereocenters. The normalized spacial score (nSPS) is 12.2. The number of aliphatic carboxylic acids is 1. The zero-order valence-corrected chi connectivity index (χ0v) is 13.0. The smallest absolute Gasteiger partial charge is 0.312 e. The summed E-state index contributed by atoms with van der Waals surface area (Å²) in [6, 6.07) is 3.24. The van der Waals surface area contributed by atoms with Gasteiger partial charge < -0.3 is 19.9 Å². The summed E-state index contributed by atoms with van der Waals surface area (Å²) in [7, 11) is 0. The van der Waals surface area contributed by atoms with E-state index in [-0.39, 0.29) is 0 Å². The fourth-order valence-corrected chi connectivity index (χ4v) is 1.98. The third kappa shape index (κ3) is 4.78. The second kappa shape index (κ2) is 9.11. The van der Waals surface area contributed by atoms with Crippen molar-refractivity contribution >= 4 is 17.6 Å². The first-order valence-corrected chi connectivity index (χ1v) is 7.26. The van der Waals surface area contributed by atoms with Crippen LogP contribution in [-0.2, 0) is 19.1 Å². The molecule has 0 aliphatic heterocycles. The molecule has 1 amide bonds. The van der Waals surface area contributed by atoms with Gasteiger partial charge in [0.05, 0.1) is 11.4 Å². The molecule has 22 heavy (non-hydrogen) atoms. The number of carbonyl (C=O) groups excluding carboxylic acids is 1. The van der Waals surface area contributed by atoms with Gasteiger partial charge in [0, 0.05) is 19.4 Å². The largest absolute Gasteiger partial charge is 0.481 e. The Hall–Kier alpha value is -1.99. The summed E-state index contributed by atoms with van der Waals surface area (Å²) in [5, 5.41) is 11.9. The Morgan fingerprint density at radius 2 is 1.91 bits per heavy atom. The van der Waals surface area contributed by atoms with Crippen molar-refractivity contribution in [1.82, 2.24) is 4.98 Å². The Balaban J connectivity index is 2.97. The van der Waals surface area contributed by atoms with E-state index in [1.807, 2.05) is 0 Å². The maximum Gasteiger partial charge on any atom is 0.312 e. The predicted octanol–water partition coefficient (Wildman–Crippen LogP) is 2.00. The monoisotopic (exact) mass is 310 g/mol. The van der Waals surface area contributed by atoms with Crippen LogP contribution in [0.1, 0.15) is 38.8 Å². The Morgan fingerprint density at radius 1 is 1.27 bits per heavy atom. The first-order chi connectivity index (χ1) is 10.5. The molecule has 0 aliphatic rings. The number of hydrogen-bond acceptors (Lipinski definition) is 5. The Morgan fingerprint density at radius 3 is 2.41 bits per heavy atom. The predicted molar refractivity (Wildman–Crippen MR) is 80.6 cm³/mol. The van der Waals surface area contributed by atoms with E-state index >= 15 is 0 Å². The average Bonchev–Trinajstić information content (AvgIpc) is 2.49. The van der Waals surface area contributed by atoms with E-state index < -0.39 is 24.1 Å². The zero-order valence-electron chi connectivity index (χ0n) is 13.0. The van der Waals surface area contributed by atoms with Gasteiger partial charge in [-0.2, -0.15) is 0 Å². The molecule has 0 radical (unpaired) electrons. The van der Waals surface area contributed by atoms with E-state index in [0.29, 0.717) is 31.0 Å². The van der Waals surface area contributed by atoms with Gasteiger partial charge in [0.1, 0.15) is 5.92 Å². The molecule has 7 heteroatoms. The van der Waals surface area contributed by atoms with Gasteiger partial charge in [-0.15, -0.1) is 0 Å². The number of amides is 1. The number of nitrogens with one attached hydrogen (secondary N) is 1. The number of carboxylic acid groups (broad SMARTS) is 1. The number of nitrogens with zero attached hydrogens (tertiary/aromatic N) is 1. The highest BCUT2D eigenvalue weighted by Crippen LogP contribution is 2.25. The maximum atomic E-state index is 12.2. The standard InChI is InChI=1S/C15H22N2O5/c1-4-10(14(19)20)12-11(8-7-9-16-12)17-13(18)15(21-5-2)22-6-3/h7-10,15H,4-6H2,1-3H3,(H,17,18)(H,19,20). The summed E-state index contributed by atoms with van der Waals surface area (Å²) in [5.41, 5.74) is 0.670. The van der Waals surface area contributed by atoms with Gasteiger partial charge >= 0.3 is 5.97 Å². The van der Waals surface area contributed by atoms with Crippen molar-refractivity contribution in [3.05, 3.63) is 24.0 Å². The molecule has 0 spiro atoms. The molecule has 1 atom stereocenters. The fraction of sp³-hybridized carbons (Fsp3) is 0.533. The highest BCUT2D eigenvalue weighted by atomic mass is 16.7. The quantitative estimate of drug-likeness (QED) is 0.677. The van der Waals surface area contributed by atoms with Crippen LogP contribution in [-0.4, -0.2) is 41.5 Å². The second-order valence-electron chi connectivity index (χ2n) is 4.47. The molecular formula is C15H22N2O5. The lowest BCUT2D eigenvalue weighted by molar-refractivity contribution is -0.164. The summed E-state index contributed by atoms with van der Waals surface area (Å²) in [4.78, 5) is 27.6. The second-order valence-corrected chi connectivity index (χ2v) is 4.47. The number of carbonyl (C=O) groups is 2. The van der Waals surface area contributed by atoms with Gasteiger partial charge in [0.2, 0.25) is 6.29 Å². The summed E-state index contributed by atoms with van der Waals surface area (Å²) >= 11 is 0. The van der Waals surface area contributed by atoms with Crippen molar-refractivity contribution in [3.63, 3.8) is 0 Å².